The van der Waals surface area contributed by atoms with Crippen molar-refractivity contribution in [3.05, 3.63) is 52.6 Å². The first-order valence-electron chi connectivity index (χ1n) is 8.57. The number of primary amides is 1. The minimum Gasteiger partial charge on any atom is -0.484 e. The Balaban J connectivity index is 2.01. The van der Waals surface area contributed by atoms with Crippen molar-refractivity contribution in [1.82, 2.24) is 0 Å². The molecule has 0 unspecified atom stereocenters. The number of benzene rings is 1. The zero-order chi connectivity index (χ0) is 19.8. The molecule has 1 aliphatic carbocycles. The van der Waals surface area contributed by atoms with E-state index in [1.165, 1.54) is 0 Å². The van der Waals surface area contributed by atoms with E-state index in [0.29, 0.717) is 29.9 Å². The molecule has 140 valence electrons. The molecule has 0 spiro atoms. The van der Waals surface area contributed by atoms with Crippen molar-refractivity contribution in [1.29, 1.82) is 5.26 Å². The number of Topliss-reactive ketones (excluding diaryl/α,β-unsaturated/α-hetero) is 1. The van der Waals surface area contributed by atoms with Crippen LogP contribution in [0.25, 0.3) is 0 Å². The molecule has 1 aliphatic heterocycles. The molecule has 1 aromatic rings. The Morgan fingerprint density at radius 2 is 2.00 bits per heavy atom. The lowest BCUT2D eigenvalue weighted by Gasteiger charge is -2.37. The number of hydrogen-bond donors (Lipinski definition) is 2. The molecule has 3 rings (SSSR count). The van der Waals surface area contributed by atoms with E-state index in [1.807, 2.05) is 13.8 Å². The zero-order valence-corrected chi connectivity index (χ0v) is 15.2. The molecule has 0 aromatic heterocycles. The van der Waals surface area contributed by atoms with Gasteiger partial charge in [0.2, 0.25) is 5.88 Å². The topological polar surface area (TPSA) is 128 Å². The summed E-state index contributed by atoms with van der Waals surface area (Å²) in [7, 11) is 0. The van der Waals surface area contributed by atoms with Gasteiger partial charge in [0, 0.05) is 18.4 Å². The fraction of sp³-hybridized carbons (Fsp3) is 0.350. The maximum Gasteiger partial charge on any atom is 0.255 e. The fourth-order valence-electron chi connectivity index (χ4n) is 3.53. The van der Waals surface area contributed by atoms with Crippen LogP contribution >= 0.6 is 0 Å². The maximum atomic E-state index is 12.9. The van der Waals surface area contributed by atoms with E-state index in [0.717, 1.165) is 5.56 Å². The largest absolute Gasteiger partial charge is 0.484 e. The standard InChI is InChI=1S/C20H21N3O4/c1-20(2)7-14(24)18-15(8-20)27-19(23)13(9-21)17(18)11-3-5-12(6-4-11)26-10-16(22)25/h3-6,17H,7-8,10,23H2,1-2H3,(H2,22,25)/t17-/m1/s1. The Hall–Kier alpha value is -3.27. The summed E-state index contributed by atoms with van der Waals surface area (Å²) < 4.78 is 10.9. The van der Waals surface area contributed by atoms with Crippen LogP contribution in [0.4, 0.5) is 0 Å². The molecule has 7 heteroatoms. The molecule has 1 amide bonds. The highest BCUT2D eigenvalue weighted by Crippen LogP contribution is 2.47. The number of nitrogens with zero attached hydrogens (tertiary/aromatic N) is 1. The number of ether oxygens (including phenoxy) is 2. The van der Waals surface area contributed by atoms with Crippen LogP contribution in [0.15, 0.2) is 47.1 Å². The fourth-order valence-corrected chi connectivity index (χ4v) is 3.53. The van der Waals surface area contributed by atoms with Crippen LogP contribution in [0.3, 0.4) is 0 Å². The summed E-state index contributed by atoms with van der Waals surface area (Å²) >= 11 is 0. The van der Waals surface area contributed by atoms with Crippen molar-refractivity contribution in [2.45, 2.75) is 32.6 Å². The minimum absolute atomic E-state index is 0.0285. The van der Waals surface area contributed by atoms with Crippen molar-refractivity contribution in [2.24, 2.45) is 16.9 Å². The third kappa shape index (κ3) is 3.65. The van der Waals surface area contributed by atoms with Crippen LogP contribution in [0, 0.1) is 16.7 Å². The van der Waals surface area contributed by atoms with E-state index in [1.54, 1.807) is 24.3 Å². The van der Waals surface area contributed by atoms with Gasteiger partial charge in [-0.15, -0.1) is 0 Å². The predicted molar refractivity (Wildman–Crippen MR) is 96.8 cm³/mol. The van der Waals surface area contributed by atoms with E-state index in [2.05, 4.69) is 6.07 Å². The van der Waals surface area contributed by atoms with E-state index in [-0.39, 0.29) is 29.3 Å². The number of nitrogens with two attached hydrogens (primary N) is 2. The van der Waals surface area contributed by atoms with E-state index in [4.69, 9.17) is 20.9 Å². The lowest BCUT2D eigenvalue weighted by molar-refractivity contribution is -0.120. The van der Waals surface area contributed by atoms with Gasteiger partial charge in [-0.05, 0) is 23.1 Å². The van der Waals surface area contributed by atoms with Crippen LogP contribution in [0.1, 0.15) is 38.2 Å². The zero-order valence-electron chi connectivity index (χ0n) is 15.2. The molecule has 0 saturated heterocycles. The van der Waals surface area contributed by atoms with Crippen LogP contribution < -0.4 is 16.2 Å². The van der Waals surface area contributed by atoms with Crippen molar-refractivity contribution < 1.29 is 19.1 Å². The Labute approximate surface area is 157 Å². The Morgan fingerprint density at radius 1 is 1.33 bits per heavy atom. The van der Waals surface area contributed by atoms with Crippen LogP contribution in [-0.2, 0) is 14.3 Å². The van der Waals surface area contributed by atoms with Crippen molar-refractivity contribution >= 4 is 11.7 Å². The molecule has 0 bridgehead atoms. The normalized spacial score (nSPS) is 21.2. The lowest BCUT2D eigenvalue weighted by Crippen LogP contribution is -2.33. The molecule has 0 fully saturated rings. The first-order chi connectivity index (χ1) is 12.7. The van der Waals surface area contributed by atoms with Gasteiger partial charge in [0.15, 0.2) is 12.4 Å². The minimum atomic E-state index is -0.576. The number of amides is 1. The summed E-state index contributed by atoms with van der Waals surface area (Å²) in [6, 6.07) is 8.90. The highest BCUT2D eigenvalue weighted by atomic mass is 16.5. The molecule has 0 saturated carbocycles. The lowest BCUT2D eigenvalue weighted by atomic mass is 9.70. The van der Waals surface area contributed by atoms with Crippen molar-refractivity contribution in [2.75, 3.05) is 6.61 Å². The summed E-state index contributed by atoms with van der Waals surface area (Å²) in [6.45, 7) is 3.77. The molecule has 2 aliphatic rings. The Kier molecular flexibility index (Phi) is 4.66. The van der Waals surface area contributed by atoms with Gasteiger partial charge in [0.05, 0.1) is 5.92 Å². The summed E-state index contributed by atoms with van der Waals surface area (Å²) in [5.74, 6) is -0.165. The van der Waals surface area contributed by atoms with Gasteiger partial charge in [-0.1, -0.05) is 26.0 Å². The van der Waals surface area contributed by atoms with E-state index in [9.17, 15) is 14.9 Å². The number of allylic oxidation sites excluding steroid dienone is 3. The van der Waals surface area contributed by atoms with Crippen molar-refractivity contribution in [3.8, 4) is 11.8 Å². The third-order valence-electron chi connectivity index (χ3n) is 4.67. The van der Waals surface area contributed by atoms with Gasteiger partial charge in [0.25, 0.3) is 5.91 Å². The van der Waals surface area contributed by atoms with Crippen LogP contribution in [0.2, 0.25) is 0 Å². The number of hydrogen-bond acceptors (Lipinski definition) is 6. The molecule has 7 nitrogen and oxygen atoms in total. The Bertz CT molecular complexity index is 904. The summed E-state index contributed by atoms with van der Waals surface area (Å²) in [5.41, 5.74) is 12.3. The van der Waals surface area contributed by atoms with Gasteiger partial charge >= 0.3 is 0 Å². The summed E-state index contributed by atoms with van der Waals surface area (Å²) in [5, 5.41) is 9.59. The number of nitriles is 1. The first-order valence-corrected chi connectivity index (χ1v) is 8.57. The number of ketones is 1. The monoisotopic (exact) mass is 367 g/mol. The molecular weight excluding hydrogens is 346 g/mol. The molecule has 1 atom stereocenters. The highest BCUT2D eigenvalue weighted by molar-refractivity contribution is 6.00. The Morgan fingerprint density at radius 3 is 2.59 bits per heavy atom. The summed E-state index contributed by atoms with van der Waals surface area (Å²) in [4.78, 5) is 23.7. The van der Waals surface area contributed by atoms with E-state index >= 15 is 0 Å². The maximum absolute atomic E-state index is 12.9. The quantitative estimate of drug-likeness (QED) is 0.837. The average molecular weight is 367 g/mol. The molecular formula is C20H21N3O4. The number of carbonyl (C=O) groups excluding carboxylic acids is 2. The molecule has 4 N–H and O–H groups in total. The molecule has 1 aromatic carbocycles. The average Bonchev–Trinajstić information content (AvgIpc) is 2.58. The van der Waals surface area contributed by atoms with Gasteiger partial charge < -0.3 is 20.9 Å². The van der Waals surface area contributed by atoms with Crippen LogP contribution in [0.5, 0.6) is 5.75 Å². The molecule has 0 radical (unpaired) electrons. The van der Waals surface area contributed by atoms with Crippen LogP contribution in [-0.4, -0.2) is 18.3 Å². The SMILES string of the molecule is CC1(C)CC(=O)C2=C(C1)OC(N)=C(C#N)[C@H]2c1ccc(OCC(N)=O)cc1. The molecule has 27 heavy (non-hydrogen) atoms. The van der Waals surface area contributed by atoms with Crippen molar-refractivity contribution in [3.63, 3.8) is 0 Å². The predicted octanol–water partition coefficient (Wildman–Crippen LogP) is 2.00. The second-order valence-corrected chi connectivity index (χ2v) is 7.53. The van der Waals surface area contributed by atoms with Gasteiger partial charge in [-0.3, -0.25) is 9.59 Å². The highest BCUT2D eigenvalue weighted by Gasteiger charge is 2.42. The molecule has 1 heterocycles. The van der Waals surface area contributed by atoms with Gasteiger partial charge in [-0.2, -0.15) is 5.26 Å². The first kappa shape index (κ1) is 18.5. The third-order valence-corrected chi connectivity index (χ3v) is 4.67. The summed E-state index contributed by atoms with van der Waals surface area (Å²) in [6.07, 6.45) is 0.952. The van der Waals surface area contributed by atoms with Gasteiger partial charge in [-0.25, -0.2) is 0 Å². The number of carbonyl (C=O) groups is 2. The second-order valence-electron chi connectivity index (χ2n) is 7.53. The van der Waals surface area contributed by atoms with E-state index < -0.39 is 11.8 Å². The smallest absolute Gasteiger partial charge is 0.255 e. The number of rotatable bonds is 4. The van der Waals surface area contributed by atoms with Gasteiger partial charge in [0.1, 0.15) is 23.2 Å². The second kappa shape index (κ2) is 6.80.